The molecule has 0 spiro atoms. The standard InChI is InChI=1S/C13H22O5/c1-6-17-11(16)9(10(14)15)8-7-12(2,3)18-13(8,4)5/h8-9H,6-7H2,1-5H3,(H,14,15). The highest BCUT2D eigenvalue weighted by Gasteiger charge is 2.53. The Kier molecular flexibility index (Phi) is 4.05. The number of aliphatic carboxylic acids is 1. The number of carbonyl (C=O) groups excluding carboxylic acids is 1. The Morgan fingerprint density at radius 3 is 2.28 bits per heavy atom. The minimum absolute atomic E-state index is 0.181. The van der Waals surface area contributed by atoms with E-state index in [-0.39, 0.29) is 12.5 Å². The maximum atomic E-state index is 11.8. The second-order valence-electron chi connectivity index (χ2n) is 5.84. The van der Waals surface area contributed by atoms with Gasteiger partial charge in [0, 0.05) is 5.92 Å². The maximum absolute atomic E-state index is 11.8. The van der Waals surface area contributed by atoms with Gasteiger partial charge in [-0.05, 0) is 41.0 Å². The summed E-state index contributed by atoms with van der Waals surface area (Å²) in [6.07, 6.45) is 0.524. The monoisotopic (exact) mass is 258 g/mol. The van der Waals surface area contributed by atoms with Gasteiger partial charge in [0.15, 0.2) is 5.92 Å². The van der Waals surface area contributed by atoms with Gasteiger partial charge in [-0.2, -0.15) is 0 Å². The molecule has 2 atom stereocenters. The van der Waals surface area contributed by atoms with Crippen LogP contribution in [0.4, 0.5) is 0 Å². The van der Waals surface area contributed by atoms with E-state index in [0.29, 0.717) is 6.42 Å². The van der Waals surface area contributed by atoms with Crippen LogP contribution in [0.2, 0.25) is 0 Å². The fraction of sp³-hybridized carbons (Fsp3) is 0.846. The van der Waals surface area contributed by atoms with Gasteiger partial charge in [-0.25, -0.2) is 0 Å². The van der Waals surface area contributed by atoms with E-state index in [0.717, 1.165) is 0 Å². The van der Waals surface area contributed by atoms with Crippen LogP contribution in [0.15, 0.2) is 0 Å². The van der Waals surface area contributed by atoms with Crippen LogP contribution in [-0.2, 0) is 19.1 Å². The molecule has 0 aromatic carbocycles. The molecule has 5 nitrogen and oxygen atoms in total. The Bertz CT molecular complexity index is 345. The van der Waals surface area contributed by atoms with Gasteiger partial charge in [0.1, 0.15) is 0 Å². The maximum Gasteiger partial charge on any atom is 0.320 e. The SMILES string of the molecule is CCOC(=O)C(C(=O)O)C1CC(C)(C)OC1(C)C. The molecule has 0 aromatic rings. The second-order valence-corrected chi connectivity index (χ2v) is 5.84. The zero-order chi connectivity index (χ0) is 14.1. The van der Waals surface area contributed by atoms with Crippen molar-refractivity contribution in [3.05, 3.63) is 0 Å². The number of ether oxygens (including phenoxy) is 2. The summed E-state index contributed by atoms with van der Waals surface area (Å²) in [6, 6.07) is 0. The van der Waals surface area contributed by atoms with Crippen molar-refractivity contribution in [1.82, 2.24) is 0 Å². The van der Waals surface area contributed by atoms with Crippen molar-refractivity contribution < 1.29 is 24.2 Å². The number of hydrogen-bond acceptors (Lipinski definition) is 4. The first-order chi connectivity index (χ1) is 8.10. The lowest BCUT2D eigenvalue weighted by atomic mass is 9.77. The first kappa shape index (κ1) is 15.0. The molecule has 1 aliphatic rings. The van der Waals surface area contributed by atoms with Crippen molar-refractivity contribution in [3.63, 3.8) is 0 Å². The Balaban J connectivity index is 3.00. The van der Waals surface area contributed by atoms with Crippen molar-refractivity contribution in [2.24, 2.45) is 11.8 Å². The van der Waals surface area contributed by atoms with Crippen LogP contribution in [0, 0.1) is 11.8 Å². The van der Waals surface area contributed by atoms with Crippen LogP contribution in [0.1, 0.15) is 41.0 Å². The number of carboxylic acids is 1. The lowest BCUT2D eigenvalue weighted by molar-refractivity contribution is -0.165. The van der Waals surface area contributed by atoms with Crippen LogP contribution in [0.5, 0.6) is 0 Å². The largest absolute Gasteiger partial charge is 0.481 e. The topological polar surface area (TPSA) is 72.8 Å². The molecular formula is C13H22O5. The Hall–Kier alpha value is -1.10. The molecule has 2 unspecified atom stereocenters. The van der Waals surface area contributed by atoms with Crippen LogP contribution in [-0.4, -0.2) is 34.9 Å². The number of rotatable bonds is 4. The highest BCUT2D eigenvalue weighted by atomic mass is 16.5. The molecule has 1 saturated heterocycles. The molecule has 18 heavy (non-hydrogen) atoms. The van der Waals surface area contributed by atoms with Gasteiger partial charge in [-0.1, -0.05) is 0 Å². The molecule has 1 heterocycles. The molecule has 0 saturated carbocycles. The van der Waals surface area contributed by atoms with Gasteiger partial charge in [-0.15, -0.1) is 0 Å². The van der Waals surface area contributed by atoms with E-state index < -0.39 is 29.1 Å². The van der Waals surface area contributed by atoms with Crippen molar-refractivity contribution in [2.75, 3.05) is 6.61 Å². The summed E-state index contributed by atoms with van der Waals surface area (Å²) in [5, 5.41) is 9.28. The van der Waals surface area contributed by atoms with Crippen molar-refractivity contribution >= 4 is 11.9 Å². The zero-order valence-corrected chi connectivity index (χ0v) is 11.6. The third-order valence-corrected chi connectivity index (χ3v) is 3.35. The Labute approximate surface area is 107 Å². The fourth-order valence-electron chi connectivity index (χ4n) is 2.79. The first-order valence-corrected chi connectivity index (χ1v) is 6.20. The van der Waals surface area contributed by atoms with Gasteiger partial charge < -0.3 is 14.6 Å². The molecule has 1 rings (SSSR count). The first-order valence-electron chi connectivity index (χ1n) is 6.20. The van der Waals surface area contributed by atoms with Gasteiger partial charge in [0.25, 0.3) is 0 Å². The Morgan fingerprint density at radius 1 is 1.39 bits per heavy atom. The van der Waals surface area contributed by atoms with Crippen LogP contribution < -0.4 is 0 Å². The molecular weight excluding hydrogens is 236 g/mol. The van der Waals surface area contributed by atoms with Gasteiger partial charge >= 0.3 is 11.9 Å². The molecule has 1 aliphatic heterocycles. The average Bonchev–Trinajstić information content (AvgIpc) is 2.34. The highest BCUT2D eigenvalue weighted by molar-refractivity contribution is 5.94. The molecule has 104 valence electrons. The molecule has 0 aliphatic carbocycles. The highest BCUT2D eigenvalue weighted by Crippen LogP contribution is 2.45. The van der Waals surface area contributed by atoms with E-state index in [2.05, 4.69) is 0 Å². The quantitative estimate of drug-likeness (QED) is 0.615. The fourth-order valence-corrected chi connectivity index (χ4v) is 2.79. The van der Waals surface area contributed by atoms with E-state index in [1.165, 1.54) is 0 Å². The van der Waals surface area contributed by atoms with E-state index in [9.17, 15) is 14.7 Å². The average molecular weight is 258 g/mol. The number of esters is 1. The molecule has 0 radical (unpaired) electrons. The summed E-state index contributed by atoms with van der Waals surface area (Å²) in [5.74, 6) is -3.37. The predicted molar refractivity (Wildman–Crippen MR) is 65.1 cm³/mol. The smallest absolute Gasteiger partial charge is 0.320 e. The van der Waals surface area contributed by atoms with Crippen molar-refractivity contribution in [2.45, 2.75) is 52.2 Å². The summed E-state index contributed by atoms with van der Waals surface area (Å²) >= 11 is 0. The van der Waals surface area contributed by atoms with E-state index in [1.54, 1.807) is 6.92 Å². The molecule has 0 aromatic heterocycles. The molecule has 1 N–H and O–H groups in total. The van der Waals surface area contributed by atoms with Gasteiger partial charge in [0.05, 0.1) is 17.8 Å². The number of carboxylic acid groups (broad SMARTS) is 1. The van der Waals surface area contributed by atoms with E-state index in [1.807, 2.05) is 27.7 Å². The Morgan fingerprint density at radius 2 is 1.94 bits per heavy atom. The van der Waals surface area contributed by atoms with Crippen molar-refractivity contribution in [3.8, 4) is 0 Å². The summed E-state index contributed by atoms with van der Waals surface area (Å²) in [5.41, 5.74) is -1.08. The minimum atomic E-state index is -1.17. The van der Waals surface area contributed by atoms with Crippen molar-refractivity contribution in [1.29, 1.82) is 0 Å². The summed E-state index contributed by atoms with van der Waals surface area (Å²) in [7, 11) is 0. The van der Waals surface area contributed by atoms with E-state index >= 15 is 0 Å². The third kappa shape index (κ3) is 3.02. The summed E-state index contributed by atoms with van der Waals surface area (Å²) in [6.45, 7) is 9.29. The summed E-state index contributed by atoms with van der Waals surface area (Å²) < 4.78 is 10.7. The lowest BCUT2D eigenvalue weighted by Gasteiger charge is -2.29. The molecule has 0 bridgehead atoms. The van der Waals surface area contributed by atoms with Crippen LogP contribution in [0.25, 0.3) is 0 Å². The second kappa shape index (κ2) is 4.88. The lowest BCUT2D eigenvalue weighted by Crippen LogP contribution is -2.41. The van der Waals surface area contributed by atoms with Gasteiger partial charge in [0.2, 0.25) is 0 Å². The number of hydrogen-bond donors (Lipinski definition) is 1. The predicted octanol–water partition coefficient (Wildman–Crippen LogP) is 1.84. The molecule has 1 fully saturated rings. The zero-order valence-electron chi connectivity index (χ0n) is 11.6. The number of carbonyl (C=O) groups is 2. The van der Waals surface area contributed by atoms with Crippen LogP contribution in [0.3, 0.4) is 0 Å². The normalized spacial score (nSPS) is 26.6. The molecule has 0 amide bonds. The minimum Gasteiger partial charge on any atom is -0.481 e. The summed E-state index contributed by atoms with van der Waals surface area (Å²) in [4.78, 5) is 23.2. The van der Waals surface area contributed by atoms with E-state index in [4.69, 9.17) is 9.47 Å². The molecule has 5 heteroatoms. The third-order valence-electron chi connectivity index (χ3n) is 3.35. The van der Waals surface area contributed by atoms with Crippen LogP contribution >= 0.6 is 0 Å². The van der Waals surface area contributed by atoms with Gasteiger partial charge in [-0.3, -0.25) is 9.59 Å².